The van der Waals surface area contributed by atoms with Gasteiger partial charge in [-0.1, -0.05) is 36.0 Å². The van der Waals surface area contributed by atoms with Crippen molar-refractivity contribution in [1.82, 2.24) is 9.55 Å². The maximum absolute atomic E-state index is 13.0. The second kappa shape index (κ2) is 7.69. The standard InChI is InChI=1S/C20H15N3O4S/c24-19-17-5-1-2-6-18(17)21-20(22(19)12-16-4-3-11-27-16)28-13-14-7-9-15(10-8-14)23(25)26/h1-11H,12-13H2. The smallest absolute Gasteiger partial charge is 0.269 e. The fourth-order valence-electron chi connectivity index (χ4n) is 2.82. The van der Waals surface area contributed by atoms with E-state index >= 15 is 0 Å². The van der Waals surface area contributed by atoms with Crippen molar-refractivity contribution in [3.05, 3.63) is 98.7 Å². The van der Waals surface area contributed by atoms with Crippen LogP contribution in [0.3, 0.4) is 0 Å². The maximum atomic E-state index is 13.0. The van der Waals surface area contributed by atoms with Crippen molar-refractivity contribution < 1.29 is 9.34 Å². The zero-order chi connectivity index (χ0) is 19.5. The number of rotatable bonds is 6. The van der Waals surface area contributed by atoms with Crippen molar-refractivity contribution in [2.45, 2.75) is 17.5 Å². The highest BCUT2D eigenvalue weighted by molar-refractivity contribution is 7.98. The van der Waals surface area contributed by atoms with Gasteiger partial charge in [0.05, 0.1) is 28.6 Å². The van der Waals surface area contributed by atoms with E-state index < -0.39 is 4.92 Å². The summed E-state index contributed by atoms with van der Waals surface area (Å²) in [5.41, 5.74) is 1.46. The van der Waals surface area contributed by atoms with E-state index in [1.165, 1.54) is 23.9 Å². The number of non-ortho nitro benzene ring substituents is 1. The largest absolute Gasteiger partial charge is 0.467 e. The van der Waals surface area contributed by atoms with Crippen molar-refractivity contribution in [1.29, 1.82) is 0 Å². The van der Waals surface area contributed by atoms with E-state index in [1.807, 2.05) is 24.3 Å². The van der Waals surface area contributed by atoms with E-state index in [0.717, 1.165) is 5.56 Å². The van der Waals surface area contributed by atoms with Gasteiger partial charge in [-0.15, -0.1) is 0 Å². The van der Waals surface area contributed by atoms with Crippen LogP contribution in [0.5, 0.6) is 0 Å². The topological polar surface area (TPSA) is 91.2 Å². The zero-order valence-electron chi connectivity index (χ0n) is 14.6. The number of fused-ring (bicyclic) bond motifs is 1. The molecule has 0 saturated carbocycles. The van der Waals surface area contributed by atoms with E-state index in [4.69, 9.17) is 4.42 Å². The number of hydrogen-bond donors (Lipinski definition) is 0. The van der Waals surface area contributed by atoms with Gasteiger partial charge < -0.3 is 4.42 Å². The summed E-state index contributed by atoms with van der Waals surface area (Å²) in [4.78, 5) is 28.0. The second-order valence-corrected chi connectivity index (χ2v) is 7.04. The SMILES string of the molecule is O=c1c2ccccc2nc(SCc2ccc([N+](=O)[O-])cc2)n1Cc1ccco1. The van der Waals surface area contributed by atoms with E-state index in [0.29, 0.717) is 27.6 Å². The highest BCUT2D eigenvalue weighted by atomic mass is 32.2. The molecule has 4 aromatic rings. The molecule has 0 amide bonds. The average molecular weight is 393 g/mol. The Morgan fingerprint density at radius 1 is 1.07 bits per heavy atom. The predicted molar refractivity (Wildman–Crippen MR) is 106 cm³/mol. The average Bonchev–Trinajstić information content (AvgIpc) is 3.22. The number of benzene rings is 2. The Bertz CT molecular complexity index is 1180. The van der Waals surface area contributed by atoms with Crippen molar-refractivity contribution in [3.8, 4) is 0 Å². The van der Waals surface area contributed by atoms with Gasteiger partial charge in [0.1, 0.15) is 5.76 Å². The highest BCUT2D eigenvalue weighted by Gasteiger charge is 2.13. The maximum Gasteiger partial charge on any atom is 0.269 e. The lowest BCUT2D eigenvalue weighted by molar-refractivity contribution is -0.384. The molecule has 0 N–H and O–H groups in total. The van der Waals surface area contributed by atoms with Crippen LogP contribution in [-0.4, -0.2) is 14.5 Å². The van der Waals surface area contributed by atoms with Gasteiger partial charge in [0.25, 0.3) is 11.2 Å². The normalized spacial score (nSPS) is 11.0. The van der Waals surface area contributed by atoms with E-state index in [9.17, 15) is 14.9 Å². The molecular formula is C20H15N3O4S. The minimum Gasteiger partial charge on any atom is -0.467 e. The number of nitrogens with zero attached hydrogens (tertiary/aromatic N) is 3. The molecule has 8 heteroatoms. The molecule has 0 fully saturated rings. The minimum atomic E-state index is -0.428. The lowest BCUT2D eigenvalue weighted by Crippen LogP contribution is -2.23. The van der Waals surface area contributed by atoms with Gasteiger partial charge in [0.15, 0.2) is 5.16 Å². The molecule has 0 aliphatic carbocycles. The number of nitro benzene ring substituents is 1. The van der Waals surface area contributed by atoms with Crippen LogP contribution in [0.25, 0.3) is 10.9 Å². The van der Waals surface area contributed by atoms with Crippen molar-refractivity contribution >= 4 is 28.4 Å². The summed E-state index contributed by atoms with van der Waals surface area (Å²) in [6, 6.07) is 17.2. The first-order valence-corrected chi connectivity index (χ1v) is 9.48. The van der Waals surface area contributed by atoms with Crippen LogP contribution < -0.4 is 5.56 Å². The van der Waals surface area contributed by atoms with E-state index in [1.54, 1.807) is 35.1 Å². The van der Waals surface area contributed by atoms with Crippen molar-refractivity contribution in [2.75, 3.05) is 0 Å². The fraction of sp³-hybridized carbons (Fsp3) is 0.100. The Hall–Kier alpha value is -3.39. The molecule has 7 nitrogen and oxygen atoms in total. The van der Waals surface area contributed by atoms with Crippen LogP contribution in [-0.2, 0) is 12.3 Å². The molecule has 0 aliphatic heterocycles. The van der Waals surface area contributed by atoms with Gasteiger partial charge in [-0.3, -0.25) is 19.5 Å². The minimum absolute atomic E-state index is 0.0484. The summed E-state index contributed by atoms with van der Waals surface area (Å²) in [5.74, 6) is 1.19. The molecule has 28 heavy (non-hydrogen) atoms. The summed E-state index contributed by atoms with van der Waals surface area (Å²) in [6.07, 6.45) is 1.57. The third-order valence-corrected chi connectivity index (χ3v) is 5.28. The Morgan fingerprint density at radius 3 is 2.57 bits per heavy atom. The fourth-order valence-corrected chi connectivity index (χ4v) is 3.77. The van der Waals surface area contributed by atoms with E-state index in [2.05, 4.69) is 4.98 Å². The lowest BCUT2D eigenvalue weighted by atomic mass is 10.2. The third-order valence-electron chi connectivity index (χ3n) is 4.24. The summed E-state index contributed by atoms with van der Waals surface area (Å²) in [7, 11) is 0. The molecule has 4 rings (SSSR count). The number of nitro groups is 1. The van der Waals surface area contributed by atoms with Crippen molar-refractivity contribution in [3.63, 3.8) is 0 Å². The summed E-state index contributed by atoms with van der Waals surface area (Å²) in [6.45, 7) is 0.284. The summed E-state index contributed by atoms with van der Waals surface area (Å²) < 4.78 is 6.99. The molecule has 0 radical (unpaired) electrons. The molecule has 0 aliphatic rings. The van der Waals surface area contributed by atoms with Crippen LogP contribution in [0.4, 0.5) is 5.69 Å². The Labute approximate surface area is 163 Å². The Kier molecular flexibility index (Phi) is 4.94. The molecular weight excluding hydrogens is 378 g/mol. The first-order valence-electron chi connectivity index (χ1n) is 8.50. The number of para-hydroxylation sites is 1. The Morgan fingerprint density at radius 2 is 1.86 bits per heavy atom. The second-order valence-electron chi connectivity index (χ2n) is 6.09. The summed E-state index contributed by atoms with van der Waals surface area (Å²) >= 11 is 1.41. The molecule has 0 atom stereocenters. The van der Waals surface area contributed by atoms with Gasteiger partial charge in [-0.05, 0) is 29.8 Å². The number of furan rings is 1. The van der Waals surface area contributed by atoms with Gasteiger partial charge in [-0.25, -0.2) is 4.98 Å². The molecule has 0 saturated heterocycles. The number of hydrogen-bond acceptors (Lipinski definition) is 6. The molecule has 0 spiro atoms. The first kappa shape index (κ1) is 18.0. The highest BCUT2D eigenvalue weighted by Crippen LogP contribution is 2.24. The molecule has 2 aromatic carbocycles. The van der Waals surface area contributed by atoms with Gasteiger partial charge in [0, 0.05) is 17.9 Å². The van der Waals surface area contributed by atoms with Crippen LogP contribution in [0.15, 0.2) is 81.3 Å². The number of thioether (sulfide) groups is 1. The van der Waals surface area contributed by atoms with Gasteiger partial charge >= 0.3 is 0 Å². The van der Waals surface area contributed by atoms with Crippen LogP contribution in [0.1, 0.15) is 11.3 Å². The van der Waals surface area contributed by atoms with Crippen molar-refractivity contribution in [2.24, 2.45) is 0 Å². The van der Waals surface area contributed by atoms with Crippen LogP contribution in [0.2, 0.25) is 0 Å². The van der Waals surface area contributed by atoms with Crippen LogP contribution in [0, 0.1) is 10.1 Å². The van der Waals surface area contributed by atoms with Crippen LogP contribution >= 0.6 is 11.8 Å². The van der Waals surface area contributed by atoms with Gasteiger partial charge in [-0.2, -0.15) is 0 Å². The molecule has 2 aromatic heterocycles. The monoisotopic (exact) mass is 393 g/mol. The zero-order valence-corrected chi connectivity index (χ0v) is 15.5. The lowest BCUT2D eigenvalue weighted by Gasteiger charge is -2.12. The third kappa shape index (κ3) is 3.67. The molecule has 2 heterocycles. The quantitative estimate of drug-likeness (QED) is 0.211. The number of aromatic nitrogens is 2. The van der Waals surface area contributed by atoms with Gasteiger partial charge in [0.2, 0.25) is 0 Å². The predicted octanol–water partition coefficient (Wildman–Crippen LogP) is 4.24. The first-order chi connectivity index (χ1) is 13.6. The summed E-state index contributed by atoms with van der Waals surface area (Å²) in [5, 5.41) is 11.9. The Balaban J connectivity index is 1.68. The molecule has 0 unspecified atom stereocenters. The molecule has 140 valence electrons. The molecule has 0 bridgehead atoms. The van der Waals surface area contributed by atoms with E-state index in [-0.39, 0.29) is 17.8 Å².